The summed E-state index contributed by atoms with van der Waals surface area (Å²) in [6.45, 7) is 7.17. The third-order valence-corrected chi connectivity index (χ3v) is 2.65. The van der Waals surface area contributed by atoms with E-state index in [0.29, 0.717) is 11.1 Å². The summed E-state index contributed by atoms with van der Waals surface area (Å²) < 4.78 is 13.2. The summed E-state index contributed by atoms with van der Waals surface area (Å²) >= 11 is 0. The van der Waals surface area contributed by atoms with Crippen molar-refractivity contribution in [2.45, 2.75) is 33.2 Å². The molecule has 0 heterocycles. The van der Waals surface area contributed by atoms with Gasteiger partial charge in [-0.1, -0.05) is 0 Å². The lowest BCUT2D eigenvalue weighted by atomic mass is 10.1. The second kappa shape index (κ2) is 6.03. The summed E-state index contributed by atoms with van der Waals surface area (Å²) in [5.41, 5.74) is 0.436. The van der Waals surface area contributed by atoms with E-state index in [2.05, 4.69) is 5.32 Å². The van der Waals surface area contributed by atoms with Gasteiger partial charge in [0, 0.05) is 18.2 Å². The molecule has 0 saturated heterocycles. The Bertz CT molecular complexity index is 521. The van der Waals surface area contributed by atoms with Crippen molar-refractivity contribution in [3.63, 3.8) is 0 Å². The number of aryl methyl sites for hydroxylation is 1. The number of nitrogens with one attached hydrogen (secondary N) is 1. The monoisotopic (exact) mass is 280 g/mol. The van der Waals surface area contributed by atoms with Gasteiger partial charge in [-0.25, -0.2) is 4.39 Å². The zero-order valence-corrected chi connectivity index (χ0v) is 12.6. The SMILES string of the molecule is Cc1cc(C(=O)N(C)CC(=O)NC(C)(C)C)ccc1F. The lowest BCUT2D eigenvalue weighted by Gasteiger charge is -2.23. The molecule has 0 saturated carbocycles. The van der Waals surface area contributed by atoms with Crippen molar-refractivity contribution in [3.8, 4) is 0 Å². The van der Waals surface area contributed by atoms with Crippen molar-refractivity contribution in [1.82, 2.24) is 10.2 Å². The summed E-state index contributed by atoms with van der Waals surface area (Å²) in [6.07, 6.45) is 0. The molecule has 5 heteroatoms. The van der Waals surface area contributed by atoms with Crippen molar-refractivity contribution < 1.29 is 14.0 Å². The Labute approximate surface area is 119 Å². The lowest BCUT2D eigenvalue weighted by Crippen LogP contribution is -2.46. The standard InChI is InChI=1S/C15H21FN2O2/c1-10-8-11(6-7-12(10)16)14(20)18(5)9-13(19)17-15(2,3)4/h6-8H,9H2,1-5H3,(H,17,19). The molecule has 1 rings (SSSR count). The molecule has 110 valence electrons. The zero-order valence-electron chi connectivity index (χ0n) is 12.6. The smallest absolute Gasteiger partial charge is 0.254 e. The van der Waals surface area contributed by atoms with Crippen molar-refractivity contribution in [2.75, 3.05) is 13.6 Å². The van der Waals surface area contributed by atoms with E-state index >= 15 is 0 Å². The zero-order chi connectivity index (χ0) is 15.5. The Balaban J connectivity index is 2.72. The first-order chi connectivity index (χ1) is 9.10. The van der Waals surface area contributed by atoms with E-state index in [0.717, 1.165) is 0 Å². The van der Waals surface area contributed by atoms with E-state index < -0.39 is 0 Å². The number of benzene rings is 1. The van der Waals surface area contributed by atoms with Crippen LogP contribution >= 0.6 is 0 Å². The Morgan fingerprint density at radius 3 is 2.40 bits per heavy atom. The second-order valence-electron chi connectivity index (χ2n) is 5.92. The average molecular weight is 280 g/mol. The predicted octanol–water partition coefficient (Wildman–Crippen LogP) is 2.12. The Morgan fingerprint density at radius 2 is 1.90 bits per heavy atom. The summed E-state index contributed by atoms with van der Waals surface area (Å²) in [6, 6.07) is 4.16. The van der Waals surface area contributed by atoms with Gasteiger partial charge < -0.3 is 10.2 Å². The third-order valence-electron chi connectivity index (χ3n) is 2.65. The van der Waals surface area contributed by atoms with Crippen LogP contribution in [0.1, 0.15) is 36.7 Å². The first-order valence-electron chi connectivity index (χ1n) is 6.43. The molecule has 1 N–H and O–H groups in total. The second-order valence-corrected chi connectivity index (χ2v) is 5.92. The number of rotatable bonds is 3. The molecule has 2 amide bonds. The van der Waals surface area contributed by atoms with E-state index in [9.17, 15) is 14.0 Å². The lowest BCUT2D eigenvalue weighted by molar-refractivity contribution is -0.122. The first-order valence-corrected chi connectivity index (χ1v) is 6.43. The van der Waals surface area contributed by atoms with Gasteiger partial charge in [0.25, 0.3) is 5.91 Å². The molecule has 0 bridgehead atoms. The molecule has 4 nitrogen and oxygen atoms in total. The highest BCUT2D eigenvalue weighted by molar-refractivity contribution is 5.96. The van der Waals surface area contributed by atoms with E-state index in [1.807, 2.05) is 20.8 Å². The Hall–Kier alpha value is -1.91. The van der Waals surface area contributed by atoms with Crippen LogP contribution in [0.2, 0.25) is 0 Å². The third kappa shape index (κ3) is 4.64. The van der Waals surface area contributed by atoms with Gasteiger partial charge in [0.05, 0.1) is 6.54 Å². The highest BCUT2D eigenvalue weighted by atomic mass is 19.1. The summed E-state index contributed by atoms with van der Waals surface area (Å²) in [5.74, 6) is -0.890. The fraction of sp³-hybridized carbons (Fsp3) is 0.467. The van der Waals surface area contributed by atoms with Gasteiger partial charge in [0.2, 0.25) is 5.91 Å². The van der Waals surface area contributed by atoms with Gasteiger partial charge in [-0.3, -0.25) is 9.59 Å². The highest BCUT2D eigenvalue weighted by Crippen LogP contribution is 2.11. The molecule has 0 aliphatic carbocycles. The van der Waals surface area contributed by atoms with E-state index in [4.69, 9.17) is 0 Å². The molecule has 0 aliphatic heterocycles. The molecule has 0 fully saturated rings. The number of likely N-dealkylation sites (N-methyl/N-ethyl adjacent to an activating group) is 1. The van der Waals surface area contributed by atoms with Gasteiger partial charge in [0.1, 0.15) is 5.82 Å². The number of amides is 2. The minimum Gasteiger partial charge on any atom is -0.350 e. The van der Waals surface area contributed by atoms with Crippen LogP contribution in [0.4, 0.5) is 4.39 Å². The Morgan fingerprint density at radius 1 is 1.30 bits per heavy atom. The average Bonchev–Trinajstić information content (AvgIpc) is 2.29. The fourth-order valence-electron chi connectivity index (χ4n) is 1.74. The van der Waals surface area contributed by atoms with Crippen LogP contribution in [0.15, 0.2) is 18.2 Å². The number of halogens is 1. The van der Waals surface area contributed by atoms with Crippen molar-refractivity contribution in [2.24, 2.45) is 0 Å². The molecule has 0 aliphatic rings. The normalized spacial score (nSPS) is 11.1. The molecule has 0 aromatic heterocycles. The van der Waals surface area contributed by atoms with Crippen LogP contribution in [-0.4, -0.2) is 35.8 Å². The van der Waals surface area contributed by atoms with Gasteiger partial charge in [-0.2, -0.15) is 0 Å². The van der Waals surface area contributed by atoms with Crippen LogP contribution in [0.25, 0.3) is 0 Å². The van der Waals surface area contributed by atoms with Crippen molar-refractivity contribution in [3.05, 3.63) is 35.1 Å². The van der Waals surface area contributed by atoms with Crippen LogP contribution in [0.3, 0.4) is 0 Å². The van der Waals surface area contributed by atoms with E-state index in [1.54, 1.807) is 14.0 Å². The molecule has 1 aromatic carbocycles. The molecule has 1 aromatic rings. The topological polar surface area (TPSA) is 49.4 Å². The van der Waals surface area contributed by atoms with Crippen LogP contribution in [0.5, 0.6) is 0 Å². The Kier molecular flexibility index (Phi) is 4.87. The maximum Gasteiger partial charge on any atom is 0.254 e. The number of nitrogens with zero attached hydrogens (tertiary/aromatic N) is 1. The maximum atomic E-state index is 13.2. The van der Waals surface area contributed by atoms with Crippen LogP contribution < -0.4 is 5.32 Å². The first kappa shape index (κ1) is 16.1. The minimum absolute atomic E-state index is 0.0352. The summed E-state index contributed by atoms with van der Waals surface area (Å²) in [7, 11) is 1.54. The van der Waals surface area contributed by atoms with Crippen LogP contribution in [-0.2, 0) is 4.79 Å². The number of carbonyl (C=O) groups is 2. The van der Waals surface area contributed by atoms with Gasteiger partial charge in [0.15, 0.2) is 0 Å². The summed E-state index contributed by atoms with van der Waals surface area (Å²) in [5, 5.41) is 2.78. The molecule has 0 atom stereocenters. The molecule has 0 unspecified atom stereocenters. The quantitative estimate of drug-likeness (QED) is 0.922. The fourth-order valence-corrected chi connectivity index (χ4v) is 1.74. The van der Waals surface area contributed by atoms with Gasteiger partial charge in [-0.15, -0.1) is 0 Å². The molecular weight excluding hydrogens is 259 g/mol. The van der Waals surface area contributed by atoms with Crippen LogP contribution in [0, 0.1) is 12.7 Å². The largest absolute Gasteiger partial charge is 0.350 e. The van der Waals surface area contributed by atoms with Gasteiger partial charge in [-0.05, 0) is 51.5 Å². The number of hydrogen-bond acceptors (Lipinski definition) is 2. The van der Waals surface area contributed by atoms with Crippen molar-refractivity contribution in [1.29, 1.82) is 0 Å². The minimum atomic E-state index is -0.352. The molecular formula is C15H21FN2O2. The van der Waals surface area contributed by atoms with E-state index in [-0.39, 0.29) is 29.7 Å². The molecule has 20 heavy (non-hydrogen) atoms. The maximum absolute atomic E-state index is 13.2. The number of carbonyl (C=O) groups excluding carboxylic acids is 2. The van der Waals surface area contributed by atoms with Crippen molar-refractivity contribution >= 4 is 11.8 Å². The number of hydrogen-bond donors (Lipinski definition) is 1. The summed E-state index contributed by atoms with van der Waals surface area (Å²) in [4.78, 5) is 25.2. The molecule has 0 radical (unpaired) electrons. The molecule has 0 spiro atoms. The van der Waals surface area contributed by atoms with E-state index in [1.165, 1.54) is 23.1 Å². The predicted molar refractivity (Wildman–Crippen MR) is 76.0 cm³/mol. The van der Waals surface area contributed by atoms with Gasteiger partial charge >= 0.3 is 0 Å². The highest BCUT2D eigenvalue weighted by Gasteiger charge is 2.19.